The Hall–Kier alpha value is -0.610. The minimum Gasteiger partial charge on any atom is -0.480 e. The highest BCUT2D eigenvalue weighted by Gasteiger charge is 2.34. The van der Waals surface area contributed by atoms with Gasteiger partial charge in [0.05, 0.1) is 6.61 Å². The average Bonchev–Trinajstić information content (AvgIpc) is 2.27. The molecule has 1 heterocycles. The fourth-order valence-electron chi connectivity index (χ4n) is 2.39. The van der Waals surface area contributed by atoms with E-state index < -0.39 is 11.5 Å². The molecule has 0 radical (unpaired) electrons. The van der Waals surface area contributed by atoms with E-state index in [9.17, 15) is 9.90 Å². The van der Waals surface area contributed by atoms with Crippen molar-refractivity contribution in [3.63, 3.8) is 0 Å². The van der Waals surface area contributed by atoms with Gasteiger partial charge in [0.2, 0.25) is 0 Å². The Bertz CT molecular complexity index is 249. The van der Waals surface area contributed by atoms with Crippen LogP contribution in [0.2, 0.25) is 0 Å². The van der Waals surface area contributed by atoms with Gasteiger partial charge in [-0.2, -0.15) is 0 Å². The minimum absolute atomic E-state index is 0.367. The van der Waals surface area contributed by atoms with E-state index in [4.69, 9.17) is 4.74 Å². The SMILES string of the molecule is CC(C)CC(C)(NCC1CCCOC1)C(=O)O. The monoisotopic (exact) mass is 243 g/mol. The number of hydrogen-bond donors (Lipinski definition) is 2. The Morgan fingerprint density at radius 3 is 2.76 bits per heavy atom. The maximum Gasteiger partial charge on any atom is 0.323 e. The van der Waals surface area contributed by atoms with Gasteiger partial charge in [-0.05, 0) is 38.0 Å². The molecular formula is C13H25NO3. The van der Waals surface area contributed by atoms with Gasteiger partial charge in [-0.25, -0.2) is 0 Å². The zero-order valence-electron chi connectivity index (χ0n) is 11.2. The van der Waals surface area contributed by atoms with Crippen LogP contribution < -0.4 is 5.32 Å². The first-order valence-corrected chi connectivity index (χ1v) is 6.50. The van der Waals surface area contributed by atoms with E-state index in [0.717, 1.165) is 32.6 Å². The molecule has 0 aromatic heterocycles. The number of carboxylic acids is 1. The predicted molar refractivity (Wildman–Crippen MR) is 67.0 cm³/mol. The molecule has 0 aromatic carbocycles. The summed E-state index contributed by atoms with van der Waals surface area (Å²) in [5.74, 6) is 0.0590. The summed E-state index contributed by atoms with van der Waals surface area (Å²) in [6.45, 7) is 8.21. The molecule has 1 aliphatic heterocycles. The zero-order chi connectivity index (χ0) is 12.9. The second kappa shape index (κ2) is 6.36. The van der Waals surface area contributed by atoms with Crippen LogP contribution >= 0.6 is 0 Å². The molecule has 1 rings (SSSR count). The Balaban J connectivity index is 2.45. The van der Waals surface area contributed by atoms with E-state index in [1.165, 1.54) is 0 Å². The molecule has 1 fully saturated rings. The quantitative estimate of drug-likeness (QED) is 0.748. The van der Waals surface area contributed by atoms with Crippen LogP contribution in [0.15, 0.2) is 0 Å². The van der Waals surface area contributed by atoms with Crippen molar-refractivity contribution in [1.29, 1.82) is 0 Å². The largest absolute Gasteiger partial charge is 0.480 e. The molecule has 17 heavy (non-hydrogen) atoms. The molecule has 0 aromatic rings. The van der Waals surface area contributed by atoms with Crippen molar-refractivity contribution in [3.8, 4) is 0 Å². The second-order valence-corrected chi connectivity index (χ2v) is 5.70. The lowest BCUT2D eigenvalue weighted by Gasteiger charge is -2.31. The van der Waals surface area contributed by atoms with Gasteiger partial charge < -0.3 is 15.2 Å². The van der Waals surface area contributed by atoms with Crippen molar-refractivity contribution in [2.45, 2.75) is 45.6 Å². The molecule has 4 heteroatoms. The van der Waals surface area contributed by atoms with Gasteiger partial charge >= 0.3 is 5.97 Å². The van der Waals surface area contributed by atoms with E-state index in [0.29, 0.717) is 18.3 Å². The molecule has 2 unspecified atom stereocenters. The maximum absolute atomic E-state index is 11.3. The normalized spacial score (nSPS) is 24.6. The molecule has 2 N–H and O–H groups in total. The van der Waals surface area contributed by atoms with Crippen molar-refractivity contribution >= 4 is 5.97 Å². The highest BCUT2D eigenvalue weighted by atomic mass is 16.5. The summed E-state index contributed by atoms with van der Waals surface area (Å²) in [4.78, 5) is 11.3. The molecule has 2 atom stereocenters. The zero-order valence-corrected chi connectivity index (χ0v) is 11.2. The van der Waals surface area contributed by atoms with Crippen LogP contribution in [0.25, 0.3) is 0 Å². The summed E-state index contributed by atoms with van der Waals surface area (Å²) in [6.07, 6.45) is 2.86. The van der Waals surface area contributed by atoms with Crippen LogP contribution in [0, 0.1) is 11.8 Å². The second-order valence-electron chi connectivity index (χ2n) is 5.70. The summed E-state index contributed by atoms with van der Waals surface area (Å²) >= 11 is 0. The molecule has 1 aliphatic rings. The third kappa shape index (κ3) is 4.64. The number of ether oxygens (including phenoxy) is 1. The number of nitrogens with one attached hydrogen (secondary N) is 1. The summed E-state index contributed by atoms with van der Waals surface area (Å²) < 4.78 is 5.40. The number of carboxylic acid groups (broad SMARTS) is 1. The van der Waals surface area contributed by atoms with Crippen molar-refractivity contribution in [2.24, 2.45) is 11.8 Å². The van der Waals surface area contributed by atoms with Crippen LogP contribution in [0.4, 0.5) is 0 Å². The molecule has 0 aliphatic carbocycles. The maximum atomic E-state index is 11.3. The first kappa shape index (κ1) is 14.5. The van der Waals surface area contributed by atoms with Crippen LogP contribution in [0.1, 0.15) is 40.0 Å². The number of hydrogen-bond acceptors (Lipinski definition) is 3. The highest BCUT2D eigenvalue weighted by molar-refractivity contribution is 5.78. The summed E-state index contributed by atoms with van der Waals surface area (Å²) in [5.41, 5.74) is -0.814. The van der Waals surface area contributed by atoms with Crippen LogP contribution in [-0.4, -0.2) is 36.4 Å². The lowest BCUT2D eigenvalue weighted by Crippen LogP contribution is -2.52. The van der Waals surface area contributed by atoms with Gasteiger partial charge in [-0.1, -0.05) is 13.8 Å². The van der Waals surface area contributed by atoms with E-state index in [-0.39, 0.29) is 0 Å². The van der Waals surface area contributed by atoms with Gasteiger partial charge in [0, 0.05) is 13.2 Å². The topological polar surface area (TPSA) is 58.6 Å². The van der Waals surface area contributed by atoms with Crippen molar-refractivity contribution < 1.29 is 14.6 Å². The Morgan fingerprint density at radius 1 is 1.59 bits per heavy atom. The Morgan fingerprint density at radius 2 is 2.29 bits per heavy atom. The van der Waals surface area contributed by atoms with E-state index in [1.807, 2.05) is 13.8 Å². The highest BCUT2D eigenvalue weighted by Crippen LogP contribution is 2.19. The lowest BCUT2D eigenvalue weighted by molar-refractivity contribution is -0.145. The minimum atomic E-state index is -0.814. The molecule has 100 valence electrons. The molecule has 0 spiro atoms. The molecule has 0 amide bonds. The Labute approximate surface area is 104 Å². The van der Waals surface area contributed by atoms with Crippen LogP contribution in [0.3, 0.4) is 0 Å². The van der Waals surface area contributed by atoms with Gasteiger partial charge in [0.15, 0.2) is 0 Å². The molecule has 0 bridgehead atoms. The number of aliphatic carboxylic acids is 1. The average molecular weight is 243 g/mol. The van der Waals surface area contributed by atoms with Crippen molar-refractivity contribution in [3.05, 3.63) is 0 Å². The third-order valence-corrected chi connectivity index (χ3v) is 3.32. The standard InChI is InChI=1S/C13H25NO3/c1-10(2)7-13(3,12(15)16)14-8-11-5-4-6-17-9-11/h10-11,14H,4-9H2,1-3H3,(H,15,16). The van der Waals surface area contributed by atoms with Gasteiger partial charge in [-0.3, -0.25) is 4.79 Å². The third-order valence-electron chi connectivity index (χ3n) is 3.32. The first-order chi connectivity index (χ1) is 7.94. The fourth-order valence-corrected chi connectivity index (χ4v) is 2.39. The van der Waals surface area contributed by atoms with Crippen molar-refractivity contribution in [2.75, 3.05) is 19.8 Å². The Kier molecular flexibility index (Phi) is 5.40. The fraction of sp³-hybridized carbons (Fsp3) is 0.923. The van der Waals surface area contributed by atoms with E-state index >= 15 is 0 Å². The predicted octanol–water partition coefficient (Wildman–Crippen LogP) is 1.89. The van der Waals surface area contributed by atoms with Gasteiger partial charge in [0.25, 0.3) is 0 Å². The van der Waals surface area contributed by atoms with Crippen LogP contribution in [-0.2, 0) is 9.53 Å². The first-order valence-electron chi connectivity index (χ1n) is 6.50. The lowest BCUT2D eigenvalue weighted by atomic mass is 9.89. The van der Waals surface area contributed by atoms with Gasteiger partial charge in [0.1, 0.15) is 5.54 Å². The summed E-state index contributed by atoms with van der Waals surface area (Å²) in [7, 11) is 0. The molecule has 4 nitrogen and oxygen atoms in total. The number of rotatable bonds is 6. The molecular weight excluding hydrogens is 218 g/mol. The molecule has 0 saturated carbocycles. The smallest absolute Gasteiger partial charge is 0.323 e. The molecule has 1 saturated heterocycles. The summed E-state index contributed by atoms with van der Waals surface area (Å²) in [5, 5.41) is 12.5. The van der Waals surface area contributed by atoms with E-state index in [1.54, 1.807) is 6.92 Å². The summed E-state index contributed by atoms with van der Waals surface area (Å²) in [6, 6.07) is 0. The number of carbonyl (C=O) groups is 1. The van der Waals surface area contributed by atoms with Gasteiger partial charge in [-0.15, -0.1) is 0 Å². The van der Waals surface area contributed by atoms with Crippen LogP contribution in [0.5, 0.6) is 0 Å². The van der Waals surface area contributed by atoms with E-state index in [2.05, 4.69) is 5.32 Å². The van der Waals surface area contributed by atoms with Crippen molar-refractivity contribution in [1.82, 2.24) is 5.32 Å².